The predicted octanol–water partition coefficient (Wildman–Crippen LogP) is 5.94. The summed E-state index contributed by atoms with van der Waals surface area (Å²) in [6.45, 7) is 3.84. The summed E-state index contributed by atoms with van der Waals surface area (Å²) in [7, 11) is 1.44. The minimum Gasteiger partial charge on any atom is -0.493 e. The number of methoxy groups -OCH3 is 1. The summed E-state index contributed by atoms with van der Waals surface area (Å²) in [5.41, 5.74) is 1.87. The molecule has 3 rings (SSSR count). The second-order valence-electron chi connectivity index (χ2n) is 7.25. The van der Waals surface area contributed by atoms with Crippen molar-refractivity contribution >= 4 is 46.7 Å². The van der Waals surface area contributed by atoms with E-state index in [9.17, 15) is 25.0 Å². The zero-order chi connectivity index (χ0) is 27.8. The number of nitro groups is 2. The molecule has 0 saturated heterocycles. The molecule has 14 heteroatoms. The molecule has 3 aromatic rings. The predicted molar refractivity (Wildman–Crippen MR) is 140 cm³/mol. The van der Waals surface area contributed by atoms with Gasteiger partial charge < -0.3 is 14.2 Å². The molecule has 12 nitrogen and oxygen atoms in total. The summed E-state index contributed by atoms with van der Waals surface area (Å²) in [4.78, 5) is 33.1. The minimum atomic E-state index is -0.828. The van der Waals surface area contributed by atoms with Gasteiger partial charge in [0.15, 0.2) is 17.2 Å². The summed E-state index contributed by atoms with van der Waals surface area (Å²) >= 11 is 12.5. The Labute approximate surface area is 225 Å². The number of carbonyl (C=O) groups excluding carboxylic acids is 1. The lowest BCUT2D eigenvalue weighted by Crippen LogP contribution is -2.17. The van der Waals surface area contributed by atoms with E-state index in [4.69, 9.17) is 37.4 Å². The molecule has 0 radical (unpaired) electrons. The van der Waals surface area contributed by atoms with E-state index in [1.165, 1.54) is 37.6 Å². The highest BCUT2D eigenvalue weighted by molar-refractivity contribution is 6.37. The summed E-state index contributed by atoms with van der Waals surface area (Å²) in [5, 5.41) is 26.1. The van der Waals surface area contributed by atoms with Crippen molar-refractivity contribution in [1.29, 1.82) is 0 Å². The molecule has 1 amide bonds. The van der Waals surface area contributed by atoms with Crippen molar-refractivity contribution in [3.8, 4) is 23.0 Å². The van der Waals surface area contributed by atoms with Crippen LogP contribution >= 0.6 is 23.2 Å². The number of nitro benzene ring substituents is 2. The van der Waals surface area contributed by atoms with Gasteiger partial charge in [-0.1, -0.05) is 35.9 Å². The maximum atomic E-state index is 12.5. The quantitative estimate of drug-likeness (QED) is 0.131. The Bertz CT molecular complexity index is 1420. The largest absolute Gasteiger partial charge is 0.493 e. The number of rotatable bonds is 11. The van der Waals surface area contributed by atoms with Crippen LogP contribution < -0.4 is 19.6 Å². The molecule has 0 aromatic heterocycles. The summed E-state index contributed by atoms with van der Waals surface area (Å²) in [5.74, 6) is -0.145. The molecule has 0 aliphatic rings. The molecule has 0 fully saturated rings. The Hall–Kier alpha value is -4.68. The van der Waals surface area contributed by atoms with Crippen LogP contribution in [0, 0.1) is 20.2 Å². The van der Waals surface area contributed by atoms with Crippen LogP contribution in [0.1, 0.15) is 15.9 Å². The third kappa shape index (κ3) is 6.75. The average Bonchev–Trinajstić information content (AvgIpc) is 2.89. The fraction of sp³-hybridized carbons (Fsp3) is 0.0833. The third-order valence-corrected chi connectivity index (χ3v) is 5.31. The van der Waals surface area contributed by atoms with Crippen LogP contribution in [0.15, 0.2) is 66.3 Å². The highest BCUT2D eigenvalue weighted by Crippen LogP contribution is 2.41. The standard InChI is InChI=1S/C24H18Cl2N4O8/c1-3-8-37-21-6-4-15(11-22(21)36-2)24(31)28-27-13-14-9-17(25)23(18(26)10-14)38-20-7-5-16(29(32)33)12-19(20)30(34)35/h3-7,9-13H,1,8H2,2H3,(H,28,31)/b27-13+. The lowest BCUT2D eigenvalue weighted by molar-refractivity contribution is -0.394. The highest BCUT2D eigenvalue weighted by Gasteiger charge is 2.23. The number of halogens is 2. The van der Waals surface area contributed by atoms with Gasteiger partial charge in [0.2, 0.25) is 5.75 Å². The Morgan fingerprint density at radius 2 is 1.71 bits per heavy atom. The first-order valence-corrected chi connectivity index (χ1v) is 11.2. The van der Waals surface area contributed by atoms with E-state index >= 15 is 0 Å². The summed E-state index contributed by atoms with van der Waals surface area (Å²) in [6.07, 6.45) is 2.85. The molecule has 38 heavy (non-hydrogen) atoms. The molecule has 0 heterocycles. The third-order valence-electron chi connectivity index (χ3n) is 4.74. The molecule has 3 aromatic carbocycles. The zero-order valence-electron chi connectivity index (χ0n) is 19.6. The van der Waals surface area contributed by atoms with Crippen LogP contribution in [0.2, 0.25) is 10.0 Å². The van der Waals surface area contributed by atoms with Crippen molar-refractivity contribution in [2.75, 3.05) is 13.7 Å². The van der Waals surface area contributed by atoms with Crippen LogP contribution in [0.3, 0.4) is 0 Å². The lowest BCUT2D eigenvalue weighted by atomic mass is 10.2. The number of non-ortho nitro benzene ring substituents is 1. The zero-order valence-corrected chi connectivity index (χ0v) is 21.1. The second-order valence-corrected chi connectivity index (χ2v) is 8.06. The number of hydrogen-bond donors (Lipinski definition) is 1. The van der Waals surface area contributed by atoms with Gasteiger partial charge in [-0.25, -0.2) is 5.43 Å². The Balaban J connectivity index is 1.75. The van der Waals surface area contributed by atoms with Gasteiger partial charge in [0.25, 0.3) is 11.6 Å². The summed E-state index contributed by atoms with van der Waals surface area (Å²) in [6, 6.07) is 10.3. The highest BCUT2D eigenvalue weighted by atomic mass is 35.5. The first-order chi connectivity index (χ1) is 18.1. The van der Waals surface area contributed by atoms with Crippen molar-refractivity contribution in [3.63, 3.8) is 0 Å². The molecule has 0 atom stereocenters. The molecule has 0 aliphatic carbocycles. The molecule has 0 spiro atoms. The number of nitrogens with one attached hydrogen (secondary N) is 1. The van der Waals surface area contributed by atoms with Gasteiger partial charge in [-0.15, -0.1) is 0 Å². The van der Waals surface area contributed by atoms with Gasteiger partial charge in [0, 0.05) is 11.6 Å². The van der Waals surface area contributed by atoms with Gasteiger partial charge in [-0.2, -0.15) is 5.10 Å². The monoisotopic (exact) mass is 560 g/mol. The molecular weight excluding hydrogens is 543 g/mol. The van der Waals surface area contributed by atoms with E-state index in [-0.39, 0.29) is 33.7 Å². The van der Waals surface area contributed by atoms with E-state index < -0.39 is 27.1 Å². The average molecular weight is 561 g/mol. The van der Waals surface area contributed by atoms with E-state index in [1.54, 1.807) is 12.1 Å². The Morgan fingerprint density at radius 1 is 1.03 bits per heavy atom. The van der Waals surface area contributed by atoms with E-state index in [2.05, 4.69) is 17.1 Å². The van der Waals surface area contributed by atoms with E-state index in [0.29, 0.717) is 17.1 Å². The Morgan fingerprint density at radius 3 is 2.32 bits per heavy atom. The van der Waals surface area contributed by atoms with Gasteiger partial charge in [0.1, 0.15) is 6.61 Å². The van der Waals surface area contributed by atoms with Crippen LogP contribution in [-0.2, 0) is 0 Å². The number of nitrogens with zero attached hydrogens (tertiary/aromatic N) is 3. The number of carbonyl (C=O) groups is 1. The van der Waals surface area contributed by atoms with E-state index in [0.717, 1.165) is 18.2 Å². The Kier molecular flexibility index (Phi) is 9.19. The SMILES string of the molecule is C=CCOc1ccc(C(=O)N/N=C/c2cc(Cl)c(Oc3ccc([N+](=O)[O-])cc3[N+](=O)[O-])c(Cl)c2)cc1OC. The molecule has 0 unspecified atom stereocenters. The number of ether oxygens (including phenoxy) is 3. The smallest absolute Gasteiger partial charge is 0.318 e. The maximum absolute atomic E-state index is 12.5. The molecule has 0 saturated carbocycles. The normalized spacial score (nSPS) is 10.6. The molecule has 0 bridgehead atoms. The van der Waals surface area contributed by atoms with Gasteiger partial charge in [-0.3, -0.25) is 25.0 Å². The number of hydrogen-bond acceptors (Lipinski definition) is 9. The fourth-order valence-electron chi connectivity index (χ4n) is 3.02. The first kappa shape index (κ1) is 27.9. The number of benzene rings is 3. The van der Waals surface area contributed by atoms with Crippen LogP contribution in [0.25, 0.3) is 0 Å². The van der Waals surface area contributed by atoms with Gasteiger partial charge in [0.05, 0.1) is 39.3 Å². The maximum Gasteiger partial charge on any atom is 0.318 e. The minimum absolute atomic E-state index is 0.0298. The van der Waals surface area contributed by atoms with Crippen LogP contribution in [-0.4, -0.2) is 35.7 Å². The lowest BCUT2D eigenvalue weighted by Gasteiger charge is -2.11. The number of hydrazone groups is 1. The second kappa shape index (κ2) is 12.5. The summed E-state index contributed by atoms with van der Waals surface area (Å²) < 4.78 is 16.2. The van der Waals surface area contributed by atoms with Crippen molar-refractivity contribution in [2.45, 2.75) is 0 Å². The van der Waals surface area contributed by atoms with E-state index in [1.807, 2.05) is 0 Å². The van der Waals surface area contributed by atoms with Crippen LogP contribution in [0.5, 0.6) is 23.0 Å². The molecular formula is C24H18Cl2N4O8. The molecule has 1 N–H and O–H groups in total. The molecule has 0 aliphatic heterocycles. The first-order valence-electron chi connectivity index (χ1n) is 10.5. The van der Waals surface area contributed by atoms with Crippen molar-refractivity contribution < 1.29 is 28.9 Å². The fourth-order valence-corrected chi connectivity index (χ4v) is 3.60. The topological polar surface area (TPSA) is 155 Å². The van der Waals surface area contributed by atoms with Crippen molar-refractivity contribution in [2.24, 2.45) is 5.10 Å². The van der Waals surface area contributed by atoms with Gasteiger partial charge in [-0.05, 0) is 42.0 Å². The van der Waals surface area contributed by atoms with Crippen LogP contribution in [0.4, 0.5) is 11.4 Å². The van der Waals surface area contributed by atoms with Gasteiger partial charge >= 0.3 is 5.69 Å². The van der Waals surface area contributed by atoms with Crippen molar-refractivity contribution in [1.82, 2.24) is 5.43 Å². The van der Waals surface area contributed by atoms with Crippen molar-refractivity contribution in [3.05, 3.63) is 103 Å². The number of amides is 1. The molecule has 196 valence electrons.